The maximum atomic E-state index is 11.8. The van der Waals surface area contributed by atoms with Crippen LogP contribution in [0.1, 0.15) is 12.0 Å². The van der Waals surface area contributed by atoms with Gasteiger partial charge in [-0.2, -0.15) is 5.26 Å². The van der Waals surface area contributed by atoms with E-state index in [1.54, 1.807) is 18.2 Å². The molecule has 1 aromatic rings. The molecule has 3 N–H and O–H groups in total. The van der Waals surface area contributed by atoms with Crippen molar-refractivity contribution in [2.24, 2.45) is 0 Å². The molecule has 0 spiro atoms. The van der Waals surface area contributed by atoms with E-state index < -0.39 is 0 Å². The molecule has 14 heavy (non-hydrogen) atoms. The van der Waals surface area contributed by atoms with Crippen LogP contribution in [0, 0.1) is 11.3 Å². The molecule has 0 saturated heterocycles. The Morgan fingerprint density at radius 3 is 2.93 bits per heavy atom. The smallest absolute Gasteiger partial charge is 0.101 e. The minimum atomic E-state index is -0.357. The van der Waals surface area contributed by atoms with Gasteiger partial charge in [0.1, 0.15) is 6.07 Å². The van der Waals surface area contributed by atoms with Crippen molar-refractivity contribution >= 4 is 11.4 Å². The molecule has 74 valence electrons. The number of hydrogen-bond donors (Lipinski definition) is 2. The molecule has 0 radical (unpaired) electrons. The Labute approximate surface area is 82.3 Å². The van der Waals surface area contributed by atoms with Gasteiger partial charge in [0.25, 0.3) is 0 Å². The van der Waals surface area contributed by atoms with Crippen LogP contribution in [0.4, 0.5) is 15.8 Å². The Bertz CT molecular complexity index is 344. The number of benzene rings is 1. The van der Waals surface area contributed by atoms with Crippen molar-refractivity contribution in [3.8, 4) is 6.07 Å². The summed E-state index contributed by atoms with van der Waals surface area (Å²) in [5.74, 6) is 0. The number of nitriles is 1. The molecular weight excluding hydrogens is 181 g/mol. The second-order valence-corrected chi connectivity index (χ2v) is 2.89. The van der Waals surface area contributed by atoms with Gasteiger partial charge < -0.3 is 11.1 Å². The SMILES string of the molecule is N#Cc1cc(N)ccc1NCCCF. The highest BCUT2D eigenvalue weighted by Gasteiger charge is 2.00. The summed E-state index contributed by atoms with van der Waals surface area (Å²) in [5.41, 5.74) is 7.27. The fraction of sp³-hybridized carbons (Fsp3) is 0.300. The standard InChI is InChI=1S/C10H12FN3/c11-4-1-5-14-10-3-2-9(13)6-8(10)7-12/h2-3,6,14H,1,4-5,13H2. The minimum absolute atomic E-state index is 0.357. The van der Waals surface area contributed by atoms with Gasteiger partial charge in [-0.3, -0.25) is 4.39 Å². The summed E-state index contributed by atoms with van der Waals surface area (Å²) in [6.45, 7) is 0.166. The number of nitrogen functional groups attached to an aromatic ring is 1. The van der Waals surface area contributed by atoms with E-state index in [1.807, 2.05) is 6.07 Å². The Morgan fingerprint density at radius 2 is 2.29 bits per heavy atom. The Kier molecular flexibility index (Phi) is 3.74. The van der Waals surface area contributed by atoms with Crippen molar-refractivity contribution in [1.82, 2.24) is 0 Å². The molecule has 0 unspecified atom stereocenters. The first kappa shape index (κ1) is 10.3. The predicted octanol–water partition coefficient (Wildman–Crippen LogP) is 1.91. The van der Waals surface area contributed by atoms with E-state index in [2.05, 4.69) is 5.32 Å². The van der Waals surface area contributed by atoms with Crippen molar-refractivity contribution in [2.45, 2.75) is 6.42 Å². The normalized spacial score (nSPS) is 9.43. The summed E-state index contributed by atoms with van der Waals surface area (Å²) in [6, 6.07) is 7.06. The maximum absolute atomic E-state index is 11.8. The molecule has 3 nitrogen and oxygen atoms in total. The molecule has 0 saturated carbocycles. The summed E-state index contributed by atoms with van der Waals surface area (Å²) in [6.07, 6.45) is 0.440. The van der Waals surface area contributed by atoms with Crippen molar-refractivity contribution < 1.29 is 4.39 Å². The van der Waals surface area contributed by atoms with Gasteiger partial charge in [-0.05, 0) is 24.6 Å². The predicted molar refractivity (Wildman–Crippen MR) is 54.7 cm³/mol. The molecule has 0 aliphatic heterocycles. The maximum Gasteiger partial charge on any atom is 0.101 e. The summed E-state index contributed by atoms with van der Waals surface area (Å²) < 4.78 is 11.8. The van der Waals surface area contributed by atoms with Crippen molar-refractivity contribution in [2.75, 3.05) is 24.3 Å². The van der Waals surface area contributed by atoms with E-state index in [4.69, 9.17) is 11.0 Å². The first-order chi connectivity index (χ1) is 6.77. The first-order valence-electron chi connectivity index (χ1n) is 4.37. The third-order valence-electron chi connectivity index (χ3n) is 1.79. The summed E-state index contributed by atoms with van der Waals surface area (Å²) >= 11 is 0. The fourth-order valence-corrected chi connectivity index (χ4v) is 1.10. The Balaban J connectivity index is 2.72. The van der Waals surface area contributed by atoms with Crippen molar-refractivity contribution in [1.29, 1.82) is 5.26 Å². The van der Waals surface area contributed by atoms with Crippen LogP contribution in [-0.2, 0) is 0 Å². The second-order valence-electron chi connectivity index (χ2n) is 2.89. The highest BCUT2D eigenvalue weighted by molar-refractivity contribution is 5.62. The monoisotopic (exact) mass is 193 g/mol. The number of hydrogen-bond acceptors (Lipinski definition) is 3. The largest absolute Gasteiger partial charge is 0.399 e. The fourth-order valence-electron chi connectivity index (χ4n) is 1.10. The molecule has 1 aromatic carbocycles. The zero-order valence-corrected chi connectivity index (χ0v) is 7.76. The van der Waals surface area contributed by atoms with Crippen LogP contribution in [0.25, 0.3) is 0 Å². The first-order valence-corrected chi connectivity index (χ1v) is 4.37. The molecule has 0 aromatic heterocycles. The average molecular weight is 193 g/mol. The van der Waals surface area contributed by atoms with E-state index in [0.29, 0.717) is 29.9 Å². The number of nitrogens with one attached hydrogen (secondary N) is 1. The van der Waals surface area contributed by atoms with Crippen LogP contribution in [0.2, 0.25) is 0 Å². The number of nitrogens with zero attached hydrogens (tertiary/aromatic N) is 1. The molecule has 0 aliphatic carbocycles. The zero-order chi connectivity index (χ0) is 10.4. The molecule has 0 aliphatic rings. The molecular formula is C10H12FN3. The third-order valence-corrected chi connectivity index (χ3v) is 1.79. The minimum Gasteiger partial charge on any atom is -0.399 e. The van der Waals surface area contributed by atoms with Crippen LogP contribution >= 0.6 is 0 Å². The van der Waals surface area contributed by atoms with Gasteiger partial charge in [0, 0.05) is 12.2 Å². The van der Waals surface area contributed by atoms with Crippen molar-refractivity contribution in [3.63, 3.8) is 0 Å². The van der Waals surface area contributed by atoms with Crippen LogP contribution in [0.5, 0.6) is 0 Å². The number of anilines is 2. The van der Waals surface area contributed by atoms with E-state index in [1.165, 1.54) is 0 Å². The topological polar surface area (TPSA) is 61.8 Å². The zero-order valence-electron chi connectivity index (χ0n) is 7.76. The lowest BCUT2D eigenvalue weighted by atomic mass is 10.1. The highest BCUT2D eigenvalue weighted by Crippen LogP contribution is 2.17. The van der Waals surface area contributed by atoms with Crippen LogP contribution in [0.3, 0.4) is 0 Å². The van der Waals surface area contributed by atoms with E-state index in [0.717, 1.165) is 0 Å². The lowest BCUT2D eigenvalue weighted by molar-refractivity contribution is 0.481. The Hall–Kier alpha value is -1.76. The average Bonchev–Trinajstić information content (AvgIpc) is 2.20. The van der Waals surface area contributed by atoms with Crippen molar-refractivity contribution in [3.05, 3.63) is 23.8 Å². The van der Waals surface area contributed by atoms with Crippen LogP contribution < -0.4 is 11.1 Å². The lowest BCUT2D eigenvalue weighted by Crippen LogP contribution is -2.04. The molecule has 0 fully saturated rings. The molecule has 0 amide bonds. The van der Waals surface area contributed by atoms with E-state index in [9.17, 15) is 4.39 Å². The third kappa shape index (κ3) is 2.63. The molecule has 0 heterocycles. The van der Waals surface area contributed by atoms with Gasteiger partial charge in [-0.15, -0.1) is 0 Å². The second kappa shape index (κ2) is 5.07. The lowest BCUT2D eigenvalue weighted by Gasteiger charge is -2.07. The van der Waals surface area contributed by atoms with Gasteiger partial charge in [-0.25, -0.2) is 0 Å². The van der Waals surface area contributed by atoms with Gasteiger partial charge in [0.05, 0.1) is 17.9 Å². The molecule has 0 atom stereocenters. The van der Waals surface area contributed by atoms with Gasteiger partial charge in [-0.1, -0.05) is 0 Å². The Morgan fingerprint density at radius 1 is 1.50 bits per heavy atom. The summed E-state index contributed by atoms with van der Waals surface area (Å²) in [7, 11) is 0. The number of halogens is 1. The molecule has 4 heteroatoms. The quantitative estimate of drug-likeness (QED) is 0.567. The molecule has 0 bridgehead atoms. The number of nitrogens with two attached hydrogens (primary N) is 1. The summed E-state index contributed by atoms with van der Waals surface area (Å²) in [5, 5.41) is 11.8. The van der Waals surface area contributed by atoms with Gasteiger partial charge in [0.15, 0.2) is 0 Å². The van der Waals surface area contributed by atoms with Crippen LogP contribution in [0.15, 0.2) is 18.2 Å². The molecule has 1 rings (SSSR count). The highest BCUT2D eigenvalue weighted by atomic mass is 19.1. The van der Waals surface area contributed by atoms with Crippen LogP contribution in [-0.4, -0.2) is 13.2 Å². The van der Waals surface area contributed by atoms with Gasteiger partial charge >= 0.3 is 0 Å². The number of rotatable bonds is 4. The number of alkyl halides is 1. The van der Waals surface area contributed by atoms with Gasteiger partial charge in [0.2, 0.25) is 0 Å². The van der Waals surface area contributed by atoms with E-state index in [-0.39, 0.29) is 6.67 Å². The van der Waals surface area contributed by atoms with E-state index >= 15 is 0 Å². The summed E-state index contributed by atoms with van der Waals surface area (Å²) in [4.78, 5) is 0.